The molecule has 0 spiro atoms. The van der Waals surface area contributed by atoms with Crippen LogP contribution >= 0.6 is 0 Å². The van der Waals surface area contributed by atoms with Gasteiger partial charge in [0.05, 0.1) is 12.5 Å². The maximum absolute atomic E-state index is 13.4. The Kier molecular flexibility index (Phi) is 6.06. The number of nitrogens with one attached hydrogen (secondary N) is 2. The Labute approximate surface area is 157 Å². The zero-order chi connectivity index (χ0) is 19.4. The second kappa shape index (κ2) is 8.31. The Morgan fingerprint density at radius 1 is 1.30 bits per heavy atom. The van der Waals surface area contributed by atoms with Gasteiger partial charge in [-0.05, 0) is 38.1 Å². The van der Waals surface area contributed by atoms with E-state index in [1.54, 1.807) is 7.11 Å². The quantitative estimate of drug-likeness (QED) is 0.783. The molecule has 0 aromatic heterocycles. The normalized spacial score (nSPS) is 22.1. The lowest BCUT2D eigenvalue weighted by Gasteiger charge is -2.37. The van der Waals surface area contributed by atoms with E-state index < -0.39 is 17.6 Å². The molecule has 1 aromatic carbocycles. The van der Waals surface area contributed by atoms with Gasteiger partial charge in [-0.2, -0.15) is 0 Å². The van der Waals surface area contributed by atoms with Crippen molar-refractivity contribution in [1.82, 2.24) is 10.6 Å². The monoisotopic (exact) mass is 381 g/mol. The van der Waals surface area contributed by atoms with E-state index in [2.05, 4.69) is 10.6 Å². The minimum atomic E-state index is -0.752. The summed E-state index contributed by atoms with van der Waals surface area (Å²) in [6, 6.07) is 2.95. The topological polar surface area (TPSA) is 70.7 Å². The molecule has 2 saturated heterocycles. The highest BCUT2D eigenvalue weighted by Crippen LogP contribution is 2.30. The van der Waals surface area contributed by atoms with Gasteiger partial charge in [0.2, 0.25) is 11.8 Å². The van der Waals surface area contributed by atoms with E-state index in [9.17, 15) is 18.4 Å². The van der Waals surface area contributed by atoms with Gasteiger partial charge in [0.25, 0.3) is 0 Å². The predicted octanol–water partition coefficient (Wildman–Crippen LogP) is 1.45. The number of hydrogen-bond acceptors (Lipinski definition) is 4. The third kappa shape index (κ3) is 4.62. The van der Waals surface area contributed by atoms with Crippen molar-refractivity contribution in [3.05, 3.63) is 29.8 Å². The Bertz CT molecular complexity index is 682. The number of halogens is 2. The fourth-order valence-corrected chi connectivity index (χ4v) is 3.88. The van der Waals surface area contributed by atoms with Crippen LogP contribution in [0.5, 0.6) is 0 Å². The number of benzene rings is 1. The minimum Gasteiger partial charge on any atom is -0.384 e. The highest BCUT2D eigenvalue weighted by molar-refractivity contribution is 6.00. The highest BCUT2D eigenvalue weighted by atomic mass is 19.1. The molecule has 2 N–H and O–H groups in total. The van der Waals surface area contributed by atoms with E-state index in [0.717, 1.165) is 44.1 Å². The fourth-order valence-electron chi connectivity index (χ4n) is 3.88. The lowest BCUT2D eigenvalue weighted by molar-refractivity contribution is -0.127. The molecule has 0 bridgehead atoms. The van der Waals surface area contributed by atoms with E-state index in [1.807, 2.05) is 0 Å². The Morgan fingerprint density at radius 3 is 2.59 bits per heavy atom. The number of rotatable bonds is 6. The van der Waals surface area contributed by atoms with Gasteiger partial charge in [-0.25, -0.2) is 8.78 Å². The Balaban J connectivity index is 1.61. The predicted molar refractivity (Wildman–Crippen MR) is 96.2 cm³/mol. The molecule has 2 amide bonds. The zero-order valence-electron chi connectivity index (χ0n) is 15.4. The van der Waals surface area contributed by atoms with Gasteiger partial charge < -0.3 is 20.3 Å². The van der Waals surface area contributed by atoms with Gasteiger partial charge in [0.15, 0.2) is 0 Å². The molecule has 0 saturated carbocycles. The zero-order valence-corrected chi connectivity index (χ0v) is 15.4. The summed E-state index contributed by atoms with van der Waals surface area (Å²) in [4.78, 5) is 26.1. The molecule has 8 heteroatoms. The molecule has 2 aliphatic rings. The molecule has 2 fully saturated rings. The molecule has 27 heavy (non-hydrogen) atoms. The van der Waals surface area contributed by atoms with Crippen LogP contribution in [0, 0.1) is 23.0 Å². The number of carbonyl (C=O) groups is 2. The standard InChI is InChI=1S/C19H25F2N3O3/c1-27-12-19(2-4-22-5-3-19)11-23-18(26)13-6-17(25)24(10-13)16-8-14(20)7-15(21)9-16/h7-9,13,22H,2-6,10-12H2,1H3,(H,23,26). The molecule has 1 aromatic rings. The molecule has 1 atom stereocenters. The first-order valence-corrected chi connectivity index (χ1v) is 9.16. The van der Waals surface area contributed by atoms with Crippen molar-refractivity contribution < 1.29 is 23.1 Å². The smallest absolute Gasteiger partial charge is 0.227 e. The van der Waals surface area contributed by atoms with E-state index in [4.69, 9.17) is 4.74 Å². The van der Waals surface area contributed by atoms with E-state index in [-0.39, 0.29) is 35.9 Å². The summed E-state index contributed by atoms with van der Waals surface area (Å²) in [5, 5.41) is 6.26. The second-order valence-corrected chi connectivity index (χ2v) is 7.43. The number of ether oxygens (including phenoxy) is 1. The summed E-state index contributed by atoms with van der Waals surface area (Å²) in [6.07, 6.45) is 1.83. The lowest BCUT2D eigenvalue weighted by atomic mass is 9.79. The van der Waals surface area contributed by atoms with Crippen molar-refractivity contribution in [2.75, 3.05) is 44.8 Å². The minimum absolute atomic E-state index is 0.0306. The molecule has 6 nitrogen and oxygen atoms in total. The number of amides is 2. The van der Waals surface area contributed by atoms with Gasteiger partial charge in [0.1, 0.15) is 11.6 Å². The first-order valence-electron chi connectivity index (χ1n) is 9.16. The summed E-state index contributed by atoms with van der Waals surface area (Å²) in [5.74, 6) is -2.56. The summed E-state index contributed by atoms with van der Waals surface area (Å²) < 4.78 is 32.2. The van der Waals surface area contributed by atoms with E-state index in [1.165, 1.54) is 4.90 Å². The number of anilines is 1. The van der Waals surface area contributed by atoms with Crippen LogP contribution in [0.2, 0.25) is 0 Å². The summed E-state index contributed by atoms with van der Waals surface area (Å²) in [5.41, 5.74) is 0.0333. The van der Waals surface area contributed by atoms with Crippen LogP contribution in [0.3, 0.4) is 0 Å². The lowest BCUT2D eigenvalue weighted by Crippen LogP contribution is -2.48. The maximum atomic E-state index is 13.4. The number of nitrogens with zero attached hydrogens (tertiary/aromatic N) is 1. The van der Waals surface area contributed by atoms with Crippen LogP contribution in [-0.2, 0) is 14.3 Å². The average Bonchev–Trinajstić information content (AvgIpc) is 3.02. The van der Waals surface area contributed by atoms with Crippen molar-refractivity contribution in [2.24, 2.45) is 11.3 Å². The maximum Gasteiger partial charge on any atom is 0.227 e. The van der Waals surface area contributed by atoms with Crippen molar-refractivity contribution in [1.29, 1.82) is 0 Å². The van der Waals surface area contributed by atoms with Crippen LogP contribution in [0.4, 0.5) is 14.5 Å². The van der Waals surface area contributed by atoms with Crippen LogP contribution in [0.15, 0.2) is 18.2 Å². The summed E-state index contributed by atoms with van der Waals surface area (Å²) in [6.45, 7) is 2.92. The fraction of sp³-hybridized carbons (Fsp3) is 0.579. The molecule has 0 aliphatic carbocycles. The number of hydrogen-bond donors (Lipinski definition) is 2. The number of piperidine rings is 1. The van der Waals surface area contributed by atoms with Crippen molar-refractivity contribution in [2.45, 2.75) is 19.3 Å². The second-order valence-electron chi connectivity index (χ2n) is 7.43. The molecular weight excluding hydrogens is 356 g/mol. The molecule has 0 radical (unpaired) electrons. The molecule has 1 unspecified atom stereocenters. The molecule has 2 heterocycles. The van der Waals surface area contributed by atoms with Crippen molar-refractivity contribution in [3.63, 3.8) is 0 Å². The average molecular weight is 381 g/mol. The number of carbonyl (C=O) groups excluding carboxylic acids is 2. The molecule has 148 valence electrons. The Hall–Kier alpha value is -2.06. The first-order chi connectivity index (χ1) is 12.9. The molecule has 3 rings (SSSR count). The summed E-state index contributed by atoms with van der Waals surface area (Å²) >= 11 is 0. The Morgan fingerprint density at radius 2 is 1.96 bits per heavy atom. The number of methoxy groups -OCH3 is 1. The van der Waals surface area contributed by atoms with Crippen LogP contribution in [-0.4, -0.2) is 51.7 Å². The summed E-state index contributed by atoms with van der Waals surface area (Å²) in [7, 11) is 1.65. The first kappa shape index (κ1) is 19.7. The largest absolute Gasteiger partial charge is 0.384 e. The van der Waals surface area contributed by atoms with Crippen LogP contribution in [0.25, 0.3) is 0 Å². The third-order valence-electron chi connectivity index (χ3n) is 5.41. The van der Waals surface area contributed by atoms with E-state index >= 15 is 0 Å². The van der Waals surface area contributed by atoms with Gasteiger partial charge in [-0.1, -0.05) is 0 Å². The van der Waals surface area contributed by atoms with Crippen LogP contribution < -0.4 is 15.5 Å². The highest BCUT2D eigenvalue weighted by Gasteiger charge is 2.37. The van der Waals surface area contributed by atoms with E-state index in [0.29, 0.717) is 13.2 Å². The van der Waals surface area contributed by atoms with Crippen molar-refractivity contribution in [3.8, 4) is 0 Å². The molecular formula is C19H25F2N3O3. The van der Waals surface area contributed by atoms with Gasteiger partial charge in [0, 0.05) is 43.8 Å². The van der Waals surface area contributed by atoms with Gasteiger partial charge in [-0.3, -0.25) is 9.59 Å². The van der Waals surface area contributed by atoms with Gasteiger partial charge >= 0.3 is 0 Å². The SMILES string of the molecule is COCC1(CNC(=O)C2CC(=O)N(c3cc(F)cc(F)c3)C2)CCNCC1. The third-order valence-corrected chi connectivity index (χ3v) is 5.41. The van der Waals surface area contributed by atoms with Crippen LogP contribution in [0.1, 0.15) is 19.3 Å². The van der Waals surface area contributed by atoms with Gasteiger partial charge in [-0.15, -0.1) is 0 Å². The molecule has 2 aliphatic heterocycles. The van der Waals surface area contributed by atoms with Crippen molar-refractivity contribution >= 4 is 17.5 Å².